The summed E-state index contributed by atoms with van der Waals surface area (Å²) in [4.78, 5) is 35.2. The van der Waals surface area contributed by atoms with Gasteiger partial charge >= 0.3 is 5.97 Å². The maximum absolute atomic E-state index is 11.4. The van der Waals surface area contributed by atoms with Gasteiger partial charge in [0.2, 0.25) is 5.91 Å². The van der Waals surface area contributed by atoms with E-state index in [-0.39, 0.29) is 12.5 Å². The first-order valence-corrected chi connectivity index (χ1v) is 4.53. The predicted molar refractivity (Wildman–Crippen MR) is 47.4 cm³/mol. The lowest BCUT2D eigenvalue weighted by Crippen LogP contribution is -2.32. The molecule has 78 valence electrons. The minimum Gasteiger partial charge on any atom is -0.460 e. The highest BCUT2D eigenvalue weighted by atomic mass is 16.5. The number of hydrogen-bond acceptors (Lipinski definition) is 4. The van der Waals surface area contributed by atoms with Crippen LogP contribution >= 0.6 is 0 Å². The molecule has 1 saturated heterocycles. The Morgan fingerprint density at radius 2 is 2.21 bits per heavy atom. The molecular weight excluding hydrogens is 186 g/mol. The van der Waals surface area contributed by atoms with Crippen LogP contribution in [0.3, 0.4) is 0 Å². The Bertz CT molecular complexity index is 274. The Hall–Kier alpha value is -1.39. The van der Waals surface area contributed by atoms with Crippen molar-refractivity contribution in [2.75, 3.05) is 20.2 Å². The molecular formula is C9H13NO4. The van der Waals surface area contributed by atoms with Crippen LogP contribution in [-0.2, 0) is 19.1 Å². The van der Waals surface area contributed by atoms with Crippen molar-refractivity contribution in [2.24, 2.45) is 5.92 Å². The van der Waals surface area contributed by atoms with Gasteiger partial charge in [-0.25, -0.2) is 4.79 Å². The minimum atomic E-state index is -0.902. The second-order valence-corrected chi connectivity index (χ2v) is 3.19. The van der Waals surface area contributed by atoms with Gasteiger partial charge in [-0.3, -0.25) is 9.59 Å². The van der Waals surface area contributed by atoms with Crippen molar-refractivity contribution in [3.8, 4) is 0 Å². The van der Waals surface area contributed by atoms with Gasteiger partial charge < -0.3 is 9.64 Å². The molecule has 0 spiro atoms. The Balaban J connectivity index is 2.62. The molecule has 1 rings (SSSR count). The molecule has 1 aliphatic heterocycles. The number of carbonyl (C=O) groups excluding carboxylic acids is 3. The van der Waals surface area contributed by atoms with E-state index >= 15 is 0 Å². The van der Waals surface area contributed by atoms with E-state index in [0.29, 0.717) is 13.0 Å². The van der Waals surface area contributed by atoms with Crippen LogP contribution in [-0.4, -0.2) is 42.8 Å². The van der Waals surface area contributed by atoms with Gasteiger partial charge in [0.1, 0.15) is 5.92 Å². The molecule has 0 radical (unpaired) electrons. The average molecular weight is 199 g/mol. The lowest BCUT2D eigenvalue weighted by atomic mass is 10.0. The summed E-state index contributed by atoms with van der Waals surface area (Å²) in [6.45, 7) is 2.30. The SMILES string of the molecule is CCOC(=O)C(=O)C1CCN(C)C1=O. The summed E-state index contributed by atoms with van der Waals surface area (Å²) in [5.41, 5.74) is 0. The topological polar surface area (TPSA) is 63.7 Å². The molecule has 0 saturated carbocycles. The fourth-order valence-corrected chi connectivity index (χ4v) is 1.41. The first kappa shape index (κ1) is 10.7. The van der Waals surface area contributed by atoms with E-state index in [0.717, 1.165) is 0 Å². The summed E-state index contributed by atoms with van der Waals surface area (Å²) in [6.07, 6.45) is 0.410. The van der Waals surface area contributed by atoms with Crippen molar-refractivity contribution in [1.82, 2.24) is 4.90 Å². The van der Waals surface area contributed by atoms with Gasteiger partial charge in [-0.05, 0) is 13.3 Å². The van der Waals surface area contributed by atoms with E-state index in [9.17, 15) is 14.4 Å². The molecule has 5 nitrogen and oxygen atoms in total. The zero-order valence-corrected chi connectivity index (χ0v) is 8.28. The Morgan fingerprint density at radius 1 is 1.57 bits per heavy atom. The highest BCUT2D eigenvalue weighted by molar-refractivity contribution is 6.38. The summed E-state index contributed by atoms with van der Waals surface area (Å²) in [6, 6.07) is 0. The van der Waals surface area contributed by atoms with Crippen LogP contribution in [0, 0.1) is 5.92 Å². The van der Waals surface area contributed by atoms with E-state index in [1.54, 1.807) is 14.0 Å². The van der Waals surface area contributed by atoms with Crippen LogP contribution in [0.25, 0.3) is 0 Å². The number of ether oxygens (including phenoxy) is 1. The summed E-state index contributed by atoms with van der Waals surface area (Å²) in [5.74, 6) is -2.73. The molecule has 0 bridgehead atoms. The van der Waals surface area contributed by atoms with E-state index in [2.05, 4.69) is 4.74 Å². The second kappa shape index (κ2) is 4.21. The highest BCUT2D eigenvalue weighted by Gasteiger charge is 2.38. The van der Waals surface area contributed by atoms with Gasteiger partial charge in [0, 0.05) is 13.6 Å². The predicted octanol–water partition coefficient (Wildman–Crippen LogP) is -0.403. The standard InChI is InChI=1S/C9H13NO4/c1-3-14-9(13)7(11)6-4-5-10(2)8(6)12/h6H,3-5H2,1-2H3. The molecule has 0 aromatic heterocycles. The number of carbonyl (C=O) groups is 3. The first-order valence-electron chi connectivity index (χ1n) is 4.53. The third kappa shape index (κ3) is 1.92. The van der Waals surface area contributed by atoms with Crippen LogP contribution in [0.5, 0.6) is 0 Å². The highest BCUT2D eigenvalue weighted by Crippen LogP contribution is 2.17. The van der Waals surface area contributed by atoms with Gasteiger partial charge in [0.15, 0.2) is 0 Å². The van der Waals surface area contributed by atoms with Gasteiger partial charge in [-0.1, -0.05) is 0 Å². The molecule has 1 heterocycles. The molecule has 0 aromatic rings. The summed E-state index contributed by atoms with van der Waals surface area (Å²) < 4.78 is 4.54. The van der Waals surface area contributed by atoms with Crippen molar-refractivity contribution >= 4 is 17.7 Å². The van der Waals surface area contributed by atoms with E-state index < -0.39 is 17.7 Å². The molecule has 1 unspecified atom stereocenters. The third-order valence-corrected chi connectivity index (χ3v) is 2.22. The molecule has 0 aliphatic carbocycles. The van der Waals surface area contributed by atoms with E-state index in [1.165, 1.54) is 4.90 Å². The Labute approximate surface area is 82.0 Å². The van der Waals surface area contributed by atoms with Crippen LogP contribution in [0.15, 0.2) is 0 Å². The maximum atomic E-state index is 11.4. The second-order valence-electron chi connectivity index (χ2n) is 3.19. The summed E-state index contributed by atoms with van der Waals surface area (Å²) in [7, 11) is 1.61. The molecule has 1 atom stereocenters. The van der Waals surface area contributed by atoms with Crippen LogP contribution in [0.2, 0.25) is 0 Å². The van der Waals surface area contributed by atoms with Gasteiger partial charge in [0.25, 0.3) is 5.78 Å². The number of Topliss-reactive ketones (excluding diaryl/α,β-unsaturated/α-hetero) is 1. The quantitative estimate of drug-likeness (QED) is 0.352. The molecule has 0 N–H and O–H groups in total. The average Bonchev–Trinajstić information content (AvgIpc) is 2.47. The van der Waals surface area contributed by atoms with E-state index in [4.69, 9.17) is 0 Å². The van der Waals surface area contributed by atoms with E-state index in [1.807, 2.05) is 0 Å². The number of hydrogen-bond donors (Lipinski definition) is 0. The van der Waals surface area contributed by atoms with Crippen LogP contribution < -0.4 is 0 Å². The van der Waals surface area contributed by atoms with Gasteiger partial charge in [-0.2, -0.15) is 0 Å². The molecule has 5 heteroatoms. The molecule has 1 aliphatic rings. The van der Waals surface area contributed by atoms with Crippen LogP contribution in [0.1, 0.15) is 13.3 Å². The smallest absolute Gasteiger partial charge is 0.375 e. The summed E-state index contributed by atoms with van der Waals surface area (Å²) >= 11 is 0. The first-order chi connectivity index (χ1) is 6.57. The van der Waals surface area contributed by atoms with Crippen molar-refractivity contribution in [1.29, 1.82) is 0 Å². The Kier molecular flexibility index (Phi) is 3.22. The fraction of sp³-hybridized carbons (Fsp3) is 0.667. The lowest BCUT2D eigenvalue weighted by molar-refractivity contribution is -0.157. The normalized spacial score (nSPS) is 21.1. The van der Waals surface area contributed by atoms with Crippen molar-refractivity contribution in [3.63, 3.8) is 0 Å². The van der Waals surface area contributed by atoms with Gasteiger partial charge in [-0.15, -0.1) is 0 Å². The molecule has 1 amide bonds. The Morgan fingerprint density at radius 3 is 2.64 bits per heavy atom. The van der Waals surface area contributed by atoms with Crippen LogP contribution in [0.4, 0.5) is 0 Å². The number of nitrogens with zero attached hydrogens (tertiary/aromatic N) is 1. The van der Waals surface area contributed by atoms with Crippen molar-refractivity contribution in [2.45, 2.75) is 13.3 Å². The maximum Gasteiger partial charge on any atom is 0.375 e. The number of likely N-dealkylation sites (tertiary alicyclic amines) is 1. The lowest BCUT2D eigenvalue weighted by Gasteiger charge is -2.08. The number of ketones is 1. The number of amides is 1. The minimum absolute atomic E-state index is 0.154. The molecule has 1 fully saturated rings. The van der Waals surface area contributed by atoms with Crippen molar-refractivity contribution < 1.29 is 19.1 Å². The molecule has 14 heavy (non-hydrogen) atoms. The number of rotatable bonds is 3. The zero-order valence-electron chi connectivity index (χ0n) is 8.28. The fourth-order valence-electron chi connectivity index (χ4n) is 1.41. The number of esters is 1. The van der Waals surface area contributed by atoms with Gasteiger partial charge in [0.05, 0.1) is 6.61 Å². The third-order valence-electron chi connectivity index (χ3n) is 2.22. The molecule has 0 aromatic carbocycles. The summed E-state index contributed by atoms with van der Waals surface area (Å²) in [5, 5.41) is 0. The largest absolute Gasteiger partial charge is 0.460 e. The van der Waals surface area contributed by atoms with Crippen molar-refractivity contribution in [3.05, 3.63) is 0 Å². The monoisotopic (exact) mass is 199 g/mol. The zero-order chi connectivity index (χ0) is 10.7.